The first-order valence-corrected chi connectivity index (χ1v) is 8.37. The average Bonchev–Trinajstić information content (AvgIpc) is 2.53. The number of nitrogens with one attached hydrogen (secondary N) is 1. The minimum atomic E-state index is -3.71. The highest BCUT2D eigenvalue weighted by atomic mass is 32.2. The normalized spacial score (nSPS) is 10.4. The number of carbonyl (C=O) groups excluding carboxylic acids is 2. The molecule has 0 bridgehead atoms. The van der Waals surface area contributed by atoms with Crippen LogP contribution in [-0.2, 0) is 19.6 Å². The second-order valence-electron chi connectivity index (χ2n) is 4.91. The lowest BCUT2D eigenvalue weighted by molar-refractivity contribution is -0.133. The summed E-state index contributed by atoms with van der Waals surface area (Å²) in [6, 6.07) is 12.6. The third-order valence-electron chi connectivity index (χ3n) is 3.00. The number of hydrogen-bond donors (Lipinski definition) is 2. The third-order valence-corrected chi connectivity index (χ3v) is 3.93. The van der Waals surface area contributed by atoms with Crippen molar-refractivity contribution in [2.75, 3.05) is 5.32 Å². The summed E-state index contributed by atoms with van der Waals surface area (Å²) in [5.41, 5.74) is 1.83. The molecule has 1 amide bonds. The monoisotopic (exact) mass is 342 g/mol. The zero-order valence-corrected chi connectivity index (χ0v) is 13.6. The van der Waals surface area contributed by atoms with Crippen LogP contribution in [0, 0.1) is 11.8 Å². The zero-order valence-electron chi connectivity index (χ0n) is 12.7. The first-order chi connectivity index (χ1) is 11.3. The number of benzene rings is 2. The Balaban J connectivity index is 2.11. The predicted molar refractivity (Wildman–Crippen MR) is 89.5 cm³/mol. The number of carbonyl (C=O) groups is 2. The zero-order chi connectivity index (χ0) is 17.7. The van der Waals surface area contributed by atoms with E-state index in [0.29, 0.717) is 16.8 Å². The van der Waals surface area contributed by atoms with Gasteiger partial charge in [0, 0.05) is 23.7 Å². The van der Waals surface area contributed by atoms with Gasteiger partial charge in [-0.2, -0.15) is 0 Å². The van der Waals surface area contributed by atoms with Crippen LogP contribution in [0.15, 0.2) is 53.4 Å². The molecule has 0 aromatic heterocycles. The van der Waals surface area contributed by atoms with Crippen molar-refractivity contribution in [1.29, 1.82) is 0 Å². The highest BCUT2D eigenvalue weighted by Gasteiger charge is 2.07. The Kier molecular flexibility index (Phi) is 5.14. The van der Waals surface area contributed by atoms with Gasteiger partial charge in [-0.25, -0.2) is 13.6 Å². The van der Waals surface area contributed by atoms with Crippen LogP contribution < -0.4 is 10.5 Å². The van der Waals surface area contributed by atoms with Crippen molar-refractivity contribution in [2.24, 2.45) is 5.14 Å². The Labute approximate surface area is 139 Å². The number of rotatable bonds is 3. The molecule has 0 aliphatic carbocycles. The Morgan fingerprint density at radius 2 is 1.38 bits per heavy atom. The first kappa shape index (κ1) is 17.4. The molecular weight excluding hydrogens is 328 g/mol. The summed E-state index contributed by atoms with van der Waals surface area (Å²) >= 11 is 0. The largest absolute Gasteiger partial charge is 0.319 e. The van der Waals surface area contributed by atoms with Gasteiger partial charge in [-0.1, -0.05) is 11.8 Å². The smallest absolute Gasteiger partial charge is 0.291 e. The summed E-state index contributed by atoms with van der Waals surface area (Å²) in [5, 5.41) is 7.48. The van der Waals surface area contributed by atoms with Crippen LogP contribution >= 0.6 is 0 Å². The maximum absolute atomic E-state index is 11.3. The van der Waals surface area contributed by atoms with Crippen LogP contribution in [0.5, 0.6) is 0 Å². The minimum Gasteiger partial charge on any atom is -0.319 e. The van der Waals surface area contributed by atoms with Crippen LogP contribution in [-0.4, -0.2) is 20.1 Å². The van der Waals surface area contributed by atoms with E-state index >= 15 is 0 Å². The van der Waals surface area contributed by atoms with Gasteiger partial charge in [0.2, 0.25) is 15.8 Å². The maximum Gasteiger partial charge on any atom is 0.291 e. The molecule has 6 nitrogen and oxygen atoms in total. The van der Waals surface area contributed by atoms with Crippen LogP contribution in [0.2, 0.25) is 0 Å². The summed E-state index contributed by atoms with van der Waals surface area (Å²) < 4.78 is 22.3. The molecule has 3 N–H and O–H groups in total. The van der Waals surface area contributed by atoms with Crippen LogP contribution in [0.3, 0.4) is 0 Å². The van der Waals surface area contributed by atoms with E-state index in [4.69, 9.17) is 5.14 Å². The molecule has 0 radical (unpaired) electrons. The number of ketones is 1. The number of sulfonamides is 1. The van der Waals surface area contributed by atoms with Crippen LogP contribution in [0.1, 0.15) is 18.1 Å². The molecule has 0 spiro atoms. The van der Waals surface area contributed by atoms with Gasteiger partial charge in [0.1, 0.15) is 0 Å². The van der Waals surface area contributed by atoms with Gasteiger partial charge in [-0.05, 0) is 48.5 Å². The van der Waals surface area contributed by atoms with Crippen molar-refractivity contribution < 1.29 is 18.0 Å². The highest BCUT2D eigenvalue weighted by molar-refractivity contribution is 7.89. The molecule has 0 aliphatic heterocycles. The van der Waals surface area contributed by atoms with E-state index in [1.165, 1.54) is 19.1 Å². The van der Waals surface area contributed by atoms with Crippen LogP contribution in [0.25, 0.3) is 0 Å². The second kappa shape index (κ2) is 7.08. The van der Waals surface area contributed by atoms with Crippen molar-refractivity contribution >= 4 is 27.4 Å². The van der Waals surface area contributed by atoms with Crippen molar-refractivity contribution in [1.82, 2.24) is 0 Å². The fourth-order valence-electron chi connectivity index (χ4n) is 1.73. The number of nitrogens with two attached hydrogens (primary N) is 1. The molecule has 122 valence electrons. The number of primary sulfonamides is 1. The quantitative estimate of drug-likeness (QED) is 0.647. The van der Waals surface area contributed by atoms with E-state index in [9.17, 15) is 18.0 Å². The summed E-state index contributed by atoms with van der Waals surface area (Å²) in [6.07, 6.45) is 0. The number of hydrogen-bond acceptors (Lipinski definition) is 4. The molecule has 2 aromatic carbocycles. The maximum atomic E-state index is 11.3. The van der Waals surface area contributed by atoms with E-state index in [-0.39, 0.29) is 4.90 Å². The first-order valence-electron chi connectivity index (χ1n) is 6.82. The lowest BCUT2D eigenvalue weighted by Crippen LogP contribution is -2.19. The molecule has 2 rings (SSSR count). The fraction of sp³-hybridized carbons (Fsp3) is 0.0588. The van der Waals surface area contributed by atoms with E-state index in [2.05, 4.69) is 17.2 Å². The van der Waals surface area contributed by atoms with Gasteiger partial charge in [0.25, 0.3) is 5.91 Å². The van der Waals surface area contributed by atoms with E-state index in [0.717, 1.165) is 0 Å². The molecule has 0 unspecified atom stereocenters. The lowest BCUT2D eigenvalue weighted by Gasteiger charge is -2.02. The number of amides is 1. The Bertz CT molecular complexity index is 935. The summed E-state index contributed by atoms with van der Waals surface area (Å²) in [6.45, 7) is 1.19. The standard InChI is InChI=1S/C17H14N2O4S/c1-12(20)17(21)19-15-8-4-13(5-9-15)2-3-14-6-10-16(11-7-14)24(18,22)23/h4-11H,1H3,(H,19,21)(H2,18,22,23). The Morgan fingerprint density at radius 1 is 0.917 bits per heavy atom. The van der Waals surface area contributed by atoms with Crippen molar-refractivity contribution in [3.63, 3.8) is 0 Å². The van der Waals surface area contributed by atoms with Gasteiger partial charge >= 0.3 is 0 Å². The van der Waals surface area contributed by atoms with Gasteiger partial charge in [0.05, 0.1) is 4.90 Å². The lowest BCUT2D eigenvalue weighted by atomic mass is 10.1. The Morgan fingerprint density at radius 3 is 1.79 bits per heavy atom. The van der Waals surface area contributed by atoms with Crippen molar-refractivity contribution in [3.8, 4) is 11.8 Å². The molecule has 0 aliphatic rings. The molecule has 0 saturated carbocycles. The topological polar surface area (TPSA) is 106 Å². The van der Waals surface area contributed by atoms with E-state index in [1.807, 2.05) is 0 Å². The van der Waals surface area contributed by atoms with Gasteiger partial charge in [-0.15, -0.1) is 0 Å². The third kappa shape index (κ3) is 4.78. The fourth-order valence-corrected chi connectivity index (χ4v) is 2.24. The molecular formula is C17H14N2O4S. The minimum absolute atomic E-state index is 0.0265. The SMILES string of the molecule is CC(=O)C(=O)Nc1ccc(C#Cc2ccc(S(N)(=O)=O)cc2)cc1. The van der Waals surface area contributed by atoms with Gasteiger partial charge < -0.3 is 5.32 Å². The van der Waals surface area contributed by atoms with Gasteiger partial charge in [-0.3, -0.25) is 9.59 Å². The molecule has 7 heteroatoms. The van der Waals surface area contributed by atoms with E-state index in [1.54, 1.807) is 36.4 Å². The van der Waals surface area contributed by atoms with Gasteiger partial charge in [0.15, 0.2) is 0 Å². The van der Waals surface area contributed by atoms with Crippen molar-refractivity contribution in [2.45, 2.75) is 11.8 Å². The van der Waals surface area contributed by atoms with Crippen LogP contribution in [0.4, 0.5) is 5.69 Å². The number of anilines is 1. The molecule has 24 heavy (non-hydrogen) atoms. The molecule has 0 atom stereocenters. The molecule has 0 saturated heterocycles. The van der Waals surface area contributed by atoms with Crippen molar-refractivity contribution in [3.05, 3.63) is 59.7 Å². The molecule has 0 fully saturated rings. The molecule has 0 heterocycles. The Hall–Kier alpha value is -2.95. The molecule has 2 aromatic rings. The average molecular weight is 342 g/mol. The summed E-state index contributed by atoms with van der Waals surface area (Å²) in [7, 11) is -3.71. The number of Topliss-reactive ketones (excluding diaryl/α,β-unsaturated/α-hetero) is 1. The van der Waals surface area contributed by atoms with E-state index < -0.39 is 21.7 Å². The summed E-state index contributed by atoms with van der Waals surface area (Å²) in [4.78, 5) is 22.2. The predicted octanol–water partition coefficient (Wildman–Crippen LogP) is 1.26. The second-order valence-corrected chi connectivity index (χ2v) is 6.47. The summed E-state index contributed by atoms with van der Waals surface area (Å²) in [5.74, 6) is 4.56. The highest BCUT2D eigenvalue weighted by Crippen LogP contribution is 2.10.